The molecule has 1 heterocycles. The Kier molecular flexibility index (Phi) is 5.88. The number of sulfonamides is 1. The van der Waals surface area contributed by atoms with Crippen molar-refractivity contribution in [1.29, 1.82) is 0 Å². The second-order valence-corrected chi connectivity index (χ2v) is 9.68. The molecule has 0 radical (unpaired) electrons. The van der Waals surface area contributed by atoms with E-state index in [1.807, 2.05) is 13.8 Å². The van der Waals surface area contributed by atoms with E-state index in [4.69, 9.17) is 4.74 Å². The highest BCUT2D eigenvalue weighted by Gasteiger charge is 2.45. The minimum atomic E-state index is -3.46. The quantitative estimate of drug-likeness (QED) is 0.793. The van der Waals surface area contributed by atoms with Gasteiger partial charge in [-0.25, -0.2) is 12.8 Å². The average Bonchev–Trinajstić information content (AvgIpc) is 2.54. The number of rotatable bonds is 6. The molecule has 8 heteroatoms. The van der Waals surface area contributed by atoms with Crippen molar-refractivity contribution in [2.75, 3.05) is 25.4 Å². The Labute approximate surface area is 160 Å². The summed E-state index contributed by atoms with van der Waals surface area (Å²) in [6.07, 6.45) is 2.02. The molecule has 2 fully saturated rings. The molecule has 150 valence electrons. The Morgan fingerprint density at radius 3 is 2.33 bits per heavy atom. The fraction of sp³-hybridized carbons (Fsp3) is 0.632. The van der Waals surface area contributed by atoms with Gasteiger partial charge in [-0.05, 0) is 44.4 Å². The molecule has 0 spiro atoms. The van der Waals surface area contributed by atoms with Crippen LogP contribution in [0.1, 0.15) is 38.7 Å². The molecule has 1 N–H and O–H groups in total. The van der Waals surface area contributed by atoms with Crippen molar-refractivity contribution in [2.45, 2.75) is 50.7 Å². The zero-order chi connectivity index (χ0) is 19.7. The summed E-state index contributed by atoms with van der Waals surface area (Å²) in [5.74, 6) is -0.662. The standard InChI is InChI=1S/C19H27FN2O4S/c1-14-12-22(13-15(2)26-14)27(24,25)11-10-21-18(23)19(8-3-9-19)16-4-6-17(20)7-5-16/h4-7,14-15H,3,8-13H2,1-2H3,(H,21,23)/t14-,15-/m1/s1. The molecule has 1 saturated carbocycles. The van der Waals surface area contributed by atoms with E-state index in [1.54, 1.807) is 12.1 Å². The third-order valence-corrected chi connectivity index (χ3v) is 7.27. The van der Waals surface area contributed by atoms with Crippen LogP contribution in [0.2, 0.25) is 0 Å². The molecule has 1 aliphatic carbocycles. The molecule has 1 aliphatic heterocycles. The third kappa shape index (κ3) is 4.33. The molecule has 2 aliphatic rings. The topological polar surface area (TPSA) is 75.7 Å². The van der Waals surface area contributed by atoms with E-state index in [0.717, 1.165) is 12.0 Å². The maximum absolute atomic E-state index is 13.2. The van der Waals surface area contributed by atoms with Gasteiger partial charge in [0.05, 0.1) is 23.4 Å². The number of hydrogen-bond acceptors (Lipinski definition) is 4. The Balaban J connectivity index is 1.59. The molecule has 6 nitrogen and oxygen atoms in total. The number of morpholine rings is 1. The maximum Gasteiger partial charge on any atom is 0.230 e. The first-order valence-corrected chi connectivity index (χ1v) is 11.0. The smallest absolute Gasteiger partial charge is 0.230 e. The van der Waals surface area contributed by atoms with Gasteiger partial charge in [0.25, 0.3) is 0 Å². The summed E-state index contributed by atoms with van der Waals surface area (Å²) in [5, 5.41) is 2.79. The predicted molar refractivity (Wildman–Crippen MR) is 100 cm³/mol. The van der Waals surface area contributed by atoms with Crippen LogP contribution in [0.15, 0.2) is 24.3 Å². The number of nitrogens with zero attached hydrogens (tertiary/aromatic N) is 1. The van der Waals surface area contributed by atoms with Crippen molar-refractivity contribution >= 4 is 15.9 Å². The molecule has 0 unspecified atom stereocenters. The fourth-order valence-electron chi connectivity index (χ4n) is 3.90. The van der Waals surface area contributed by atoms with Gasteiger partial charge in [0.1, 0.15) is 5.82 Å². The molecular formula is C19H27FN2O4S. The lowest BCUT2D eigenvalue weighted by Gasteiger charge is -2.40. The van der Waals surface area contributed by atoms with Gasteiger partial charge in [0.15, 0.2) is 0 Å². The first-order valence-electron chi connectivity index (χ1n) is 9.40. The zero-order valence-electron chi connectivity index (χ0n) is 15.8. The second-order valence-electron chi connectivity index (χ2n) is 7.59. The Bertz CT molecular complexity index is 767. The number of halogens is 1. The summed E-state index contributed by atoms with van der Waals surface area (Å²) in [4.78, 5) is 12.8. The molecule has 1 amide bonds. The van der Waals surface area contributed by atoms with E-state index in [1.165, 1.54) is 16.4 Å². The zero-order valence-corrected chi connectivity index (χ0v) is 16.6. The Morgan fingerprint density at radius 1 is 1.22 bits per heavy atom. The van der Waals surface area contributed by atoms with Gasteiger partial charge in [0, 0.05) is 19.6 Å². The molecule has 1 aromatic carbocycles. The lowest BCUT2D eigenvalue weighted by Crippen LogP contribution is -2.52. The van der Waals surface area contributed by atoms with Crippen LogP contribution in [-0.4, -0.2) is 56.2 Å². The van der Waals surface area contributed by atoms with Gasteiger partial charge in [-0.2, -0.15) is 4.31 Å². The van der Waals surface area contributed by atoms with E-state index in [9.17, 15) is 17.6 Å². The number of hydrogen-bond donors (Lipinski definition) is 1. The first-order chi connectivity index (χ1) is 12.7. The van der Waals surface area contributed by atoms with Crippen LogP contribution in [0.4, 0.5) is 4.39 Å². The highest BCUT2D eigenvalue weighted by molar-refractivity contribution is 7.89. The molecule has 3 rings (SSSR count). The largest absolute Gasteiger partial charge is 0.373 e. The van der Waals surface area contributed by atoms with Gasteiger partial charge in [0.2, 0.25) is 15.9 Å². The Hall–Kier alpha value is -1.51. The minimum Gasteiger partial charge on any atom is -0.373 e. The number of carbonyl (C=O) groups is 1. The van der Waals surface area contributed by atoms with Crippen LogP contribution in [0.25, 0.3) is 0 Å². The average molecular weight is 399 g/mol. The van der Waals surface area contributed by atoms with Crippen molar-refractivity contribution in [3.8, 4) is 0 Å². The summed E-state index contributed by atoms with van der Waals surface area (Å²) in [6, 6.07) is 5.99. The first kappa shape index (κ1) is 20.2. The summed E-state index contributed by atoms with van der Waals surface area (Å²) in [7, 11) is -3.46. The SMILES string of the molecule is C[C@@H]1CN(S(=O)(=O)CCNC(=O)C2(c3ccc(F)cc3)CCC2)C[C@@H](C)O1. The van der Waals surface area contributed by atoms with E-state index in [0.29, 0.717) is 25.9 Å². The Morgan fingerprint density at radius 2 is 1.81 bits per heavy atom. The maximum atomic E-state index is 13.2. The number of amides is 1. The third-order valence-electron chi connectivity index (χ3n) is 5.46. The monoisotopic (exact) mass is 398 g/mol. The molecule has 0 aromatic heterocycles. The van der Waals surface area contributed by atoms with Crippen molar-refractivity contribution in [2.24, 2.45) is 0 Å². The number of nitrogens with one attached hydrogen (secondary N) is 1. The van der Waals surface area contributed by atoms with Gasteiger partial charge in [-0.1, -0.05) is 18.6 Å². The fourth-order valence-corrected chi connectivity index (χ4v) is 5.39. The van der Waals surface area contributed by atoms with Gasteiger partial charge >= 0.3 is 0 Å². The summed E-state index contributed by atoms with van der Waals surface area (Å²) in [5.41, 5.74) is 0.116. The molecule has 1 saturated heterocycles. The summed E-state index contributed by atoms with van der Waals surface area (Å²) < 4.78 is 45.4. The van der Waals surface area contributed by atoms with Gasteiger partial charge < -0.3 is 10.1 Å². The van der Waals surface area contributed by atoms with Crippen LogP contribution < -0.4 is 5.32 Å². The summed E-state index contributed by atoms with van der Waals surface area (Å²) >= 11 is 0. The van der Waals surface area contributed by atoms with Crippen molar-refractivity contribution in [1.82, 2.24) is 9.62 Å². The summed E-state index contributed by atoms with van der Waals surface area (Å²) in [6.45, 7) is 4.43. The minimum absolute atomic E-state index is 0.0598. The molecule has 0 bridgehead atoms. The number of benzene rings is 1. The van der Waals surface area contributed by atoms with Crippen LogP contribution in [0.5, 0.6) is 0 Å². The van der Waals surface area contributed by atoms with E-state index in [2.05, 4.69) is 5.32 Å². The van der Waals surface area contributed by atoms with Crippen molar-refractivity contribution < 1.29 is 22.3 Å². The number of carbonyl (C=O) groups excluding carboxylic acids is 1. The lowest BCUT2D eigenvalue weighted by atomic mass is 9.64. The van der Waals surface area contributed by atoms with Crippen molar-refractivity contribution in [3.05, 3.63) is 35.6 Å². The second kappa shape index (κ2) is 7.85. The molecule has 1 aromatic rings. The van der Waals surface area contributed by atoms with Crippen LogP contribution in [-0.2, 0) is 25.0 Å². The number of ether oxygens (including phenoxy) is 1. The van der Waals surface area contributed by atoms with Crippen LogP contribution in [0.3, 0.4) is 0 Å². The lowest BCUT2D eigenvalue weighted by molar-refractivity contribution is -0.129. The van der Waals surface area contributed by atoms with E-state index < -0.39 is 15.4 Å². The van der Waals surface area contributed by atoms with E-state index in [-0.39, 0.29) is 36.2 Å². The highest BCUT2D eigenvalue weighted by Crippen LogP contribution is 2.43. The highest BCUT2D eigenvalue weighted by atomic mass is 32.2. The molecule has 27 heavy (non-hydrogen) atoms. The van der Waals surface area contributed by atoms with Crippen LogP contribution in [0, 0.1) is 5.82 Å². The normalized spacial score (nSPS) is 25.6. The van der Waals surface area contributed by atoms with Gasteiger partial charge in [-0.3, -0.25) is 4.79 Å². The van der Waals surface area contributed by atoms with Gasteiger partial charge in [-0.15, -0.1) is 0 Å². The van der Waals surface area contributed by atoms with Crippen LogP contribution >= 0.6 is 0 Å². The van der Waals surface area contributed by atoms with E-state index >= 15 is 0 Å². The molecular weight excluding hydrogens is 371 g/mol. The predicted octanol–water partition coefficient (Wildman–Crippen LogP) is 1.80. The molecule has 2 atom stereocenters. The van der Waals surface area contributed by atoms with Crippen molar-refractivity contribution in [3.63, 3.8) is 0 Å².